The van der Waals surface area contributed by atoms with Gasteiger partial charge in [-0.3, -0.25) is 0 Å². The number of hydrogen-bond acceptors (Lipinski definition) is 4. The number of aromatic nitrogens is 3. The van der Waals surface area contributed by atoms with Gasteiger partial charge in [0.25, 0.3) is 0 Å². The van der Waals surface area contributed by atoms with E-state index in [2.05, 4.69) is 10.1 Å². The van der Waals surface area contributed by atoms with Gasteiger partial charge in [-0.15, -0.1) is 0 Å². The number of rotatable bonds is 4. The van der Waals surface area contributed by atoms with Crippen molar-refractivity contribution in [2.75, 3.05) is 5.73 Å². The maximum Gasteiger partial charge on any atom is 0.178 e. The van der Waals surface area contributed by atoms with E-state index in [9.17, 15) is 4.39 Å². The molecule has 2 N–H and O–H groups in total. The Kier molecular flexibility index (Phi) is 3.22. The van der Waals surface area contributed by atoms with Crippen LogP contribution in [0.5, 0.6) is 5.75 Å². The Labute approximate surface area is 98.0 Å². The van der Waals surface area contributed by atoms with Gasteiger partial charge in [0.1, 0.15) is 12.9 Å². The highest BCUT2D eigenvalue weighted by Crippen LogP contribution is 2.25. The van der Waals surface area contributed by atoms with Crippen molar-refractivity contribution in [3.05, 3.63) is 36.2 Å². The lowest BCUT2D eigenvalue weighted by Gasteiger charge is -2.09. The third kappa shape index (κ3) is 2.35. The number of para-hydroxylation sites is 1. The number of anilines is 1. The maximum absolute atomic E-state index is 13.4. The Morgan fingerprint density at radius 3 is 3.00 bits per heavy atom. The minimum atomic E-state index is -0.479. The van der Waals surface area contributed by atoms with Gasteiger partial charge in [0, 0.05) is 6.54 Å². The second-order valence-corrected chi connectivity index (χ2v) is 3.44. The molecule has 1 aromatic carbocycles. The fourth-order valence-electron chi connectivity index (χ4n) is 1.48. The summed E-state index contributed by atoms with van der Waals surface area (Å²) in [5.41, 5.74) is 5.89. The van der Waals surface area contributed by atoms with Crippen LogP contribution in [0.4, 0.5) is 10.1 Å². The normalized spacial score (nSPS) is 10.5. The number of hydrogen-bond donors (Lipinski definition) is 1. The maximum atomic E-state index is 13.4. The lowest BCUT2D eigenvalue weighted by atomic mass is 10.3. The van der Waals surface area contributed by atoms with Gasteiger partial charge in [0.05, 0.1) is 5.69 Å². The molecule has 0 saturated carbocycles. The average molecular weight is 236 g/mol. The fourth-order valence-corrected chi connectivity index (χ4v) is 1.48. The highest BCUT2D eigenvalue weighted by molar-refractivity contribution is 5.52. The summed E-state index contributed by atoms with van der Waals surface area (Å²) in [6.45, 7) is 2.76. The van der Waals surface area contributed by atoms with Gasteiger partial charge >= 0.3 is 0 Å². The summed E-state index contributed by atoms with van der Waals surface area (Å²) in [4.78, 5) is 4.03. The predicted molar refractivity (Wildman–Crippen MR) is 60.8 cm³/mol. The Bertz CT molecular complexity index is 492. The Balaban J connectivity index is 2.13. The lowest BCUT2D eigenvalue weighted by Crippen LogP contribution is -2.08. The molecule has 0 bridgehead atoms. The molecule has 0 aliphatic heterocycles. The second kappa shape index (κ2) is 4.82. The van der Waals surface area contributed by atoms with E-state index in [0.29, 0.717) is 12.4 Å². The number of nitrogens with zero attached hydrogens (tertiary/aromatic N) is 3. The summed E-state index contributed by atoms with van der Waals surface area (Å²) in [5.74, 6) is 0.209. The van der Waals surface area contributed by atoms with E-state index >= 15 is 0 Å². The van der Waals surface area contributed by atoms with Crippen molar-refractivity contribution < 1.29 is 9.13 Å². The van der Waals surface area contributed by atoms with Gasteiger partial charge in [-0.25, -0.2) is 14.1 Å². The number of nitrogens with two attached hydrogens (primary N) is 1. The lowest BCUT2D eigenvalue weighted by molar-refractivity contribution is 0.275. The van der Waals surface area contributed by atoms with Crippen molar-refractivity contribution >= 4 is 5.69 Å². The average Bonchev–Trinajstić information content (AvgIpc) is 2.76. The minimum Gasteiger partial charge on any atom is -0.480 e. The smallest absolute Gasteiger partial charge is 0.178 e. The summed E-state index contributed by atoms with van der Waals surface area (Å²) in [6, 6.07) is 4.42. The zero-order valence-electron chi connectivity index (χ0n) is 9.43. The molecular weight excluding hydrogens is 223 g/mol. The third-order valence-corrected chi connectivity index (χ3v) is 2.34. The zero-order valence-corrected chi connectivity index (χ0v) is 9.43. The van der Waals surface area contributed by atoms with E-state index in [1.165, 1.54) is 18.5 Å². The van der Waals surface area contributed by atoms with Gasteiger partial charge < -0.3 is 10.5 Å². The first kappa shape index (κ1) is 11.4. The molecular formula is C11H13FN4O. The molecule has 0 saturated heterocycles. The Morgan fingerprint density at radius 2 is 2.29 bits per heavy atom. The molecule has 17 heavy (non-hydrogen) atoms. The molecule has 5 nitrogen and oxygen atoms in total. The first-order chi connectivity index (χ1) is 8.22. The van der Waals surface area contributed by atoms with Crippen molar-refractivity contribution in [3.63, 3.8) is 0 Å². The number of nitrogen functional groups attached to an aromatic ring is 1. The van der Waals surface area contributed by atoms with Crippen molar-refractivity contribution in [1.29, 1.82) is 0 Å². The van der Waals surface area contributed by atoms with E-state index in [0.717, 1.165) is 0 Å². The van der Waals surface area contributed by atoms with Crippen LogP contribution < -0.4 is 10.5 Å². The second-order valence-electron chi connectivity index (χ2n) is 3.44. The third-order valence-electron chi connectivity index (χ3n) is 2.34. The molecule has 0 atom stereocenters. The van der Waals surface area contributed by atoms with Crippen molar-refractivity contribution in [2.24, 2.45) is 0 Å². The summed E-state index contributed by atoms with van der Waals surface area (Å²) in [6.07, 6.45) is 1.44. The van der Waals surface area contributed by atoms with Crippen LogP contribution in [0.3, 0.4) is 0 Å². The molecule has 0 radical (unpaired) electrons. The van der Waals surface area contributed by atoms with Crippen LogP contribution in [-0.4, -0.2) is 14.8 Å². The molecule has 1 aromatic heterocycles. The predicted octanol–water partition coefficient (Wildman–Crippen LogP) is 1.60. The molecule has 1 heterocycles. The highest BCUT2D eigenvalue weighted by Gasteiger charge is 2.09. The summed E-state index contributed by atoms with van der Waals surface area (Å²) < 4.78 is 20.4. The van der Waals surface area contributed by atoms with E-state index in [1.54, 1.807) is 10.7 Å². The van der Waals surface area contributed by atoms with Crippen molar-refractivity contribution in [2.45, 2.75) is 20.1 Å². The van der Waals surface area contributed by atoms with Gasteiger partial charge in [-0.05, 0) is 19.1 Å². The SMILES string of the molecule is CCn1ncnc1COc1c(N)cccc1F. The first-order valence-electron chi connectivity index (χ1n) is 5.25. The van der Waals surface area contributed by atoms with E-state index in [-0.39, 0.29) is 18.0 Å². The monoisotopic (exact) mass is 236 g/mol. The first-order valence-corrected chi connectivity index (χ1v) is 5.25. The topological polar surface area (TPSA) is 66.0 Å². The van der Waals surface area contributed by atoms with Crippen LogP contribution in [0.15, 0.2) is 24.5 Å². The number of ether oxygens (including phenoxy) is 1. The molecule has 0 aliphatic rings. The molecule has 90 valence electrons. The van der Waals surface area contributed by atoms with Crippen LogP contribution in [-0.2, 0) is 13.2 Å². The van der Waals surface area contributed by atoms with E-state index in [1.807, 2.05) is 6.92 Å². The van der Waals surface area contributed by atoms with Crippen LogP contribution in [0.1, 0.15) is 12.7 Å². The van der Waals surface area contributed by atoms with Gasteiger partial charge in [0.15, 0.2) is 17.4 Å². The molecule has 6 heteroatoms. The summed E-state index contributed by atoms with van der Waals surface area (Å²) in [5, 5.41) is 3.99. The molecule has 0 aliphatic carbocycles. The standard InChI is InChI=1S/C11H13FN4O/c1-2-16-10(14-7-15-16)6-17-11-8(12)4-3-5-9(11)13/h3-5,7H,2,6,13H2,1H3. The molecule has 0 amide bonds. The quantitative estimate of drug-likeness (QED) is 0.819. The van der Waals surface area contributed by atoms with Crippen molar-refractivity contribution in [3.8, 4) is 5.75 Å². The molecule has 0 fully saturated rings. The summed E-state index contributed by atoms with van der Waals surface area (Å²) >= 11 is 0. The van der Waals surface area contributed by atoms with Crippen LogP contribution in [0.2, 0.25) is 0 Å². The Hall–Kier alpha value is -2.11. The molecule has 2 aromatic rings. The minimum absolute atomic E-state index is 0.0538. The van der Waals surface area contributed by atoms with E-state index < -0.39 is 5.82 Å². The van der Waals surface area contributed by atoms with E-state index in [4.69, 9.17) is 10.5 Å². The van der Waals surface area contributed by atoms with Crippen LogP contribution in [0.25, 0.3) is 0 Å². The van der Waals surface area contributed by atoms with Crippen LogP contribution >= 0.6 is 0 Å². The number of aryl methyl sites for hydroxylation is 1. The summed E-state index contributed by atoms with van der Waals surface area (Å²) in [7, 11) is 0. The van der Waals surface area contributed by atoms with Gasteiger partial charge in [0.2, 0.25) is 0 Å². The molecule has 2 rings (SSSR count). The Morgan fingerprint density at radius 1 is 1.47 bits per heavy atom. The molecule has 0 spiro atoms. The zero-order chi connectivity index (χ0) is 12.3. The highest BCUT2D eigenvalue weighted by atomic mass is 19.1. The van der Waals surface area contributed by atoms with Gasteiger partial charge in [-0.1, -0.05) is 6.07 Å². The number of halogens is 1. The van der Waals surface area contributed by atoms with Gasteiger partial charge in [-0.2, -0.15) is 5.10 Å². The van der Waals surface area contributed by atoms with Crippen molar-refractivity contribution in [1.82, 2.24) is 14.8 Å². The number of benzene rings is 1. The molecule has 0 unspecified atom stereocenters. The fraction of sp³-hybridized carbons (Fsp3) is 0.273. The van der Waals surface area contributed by atoms with Crippen LogP contribution in [0, 0.1) is 5.82 Å². The largest absolute Gasteiger partial charge is 0.480 e.